The first kappa shape index (κ1) is 15.5. The largest absolute Gasteiger partial charge is 0.476 e. The normalized spacial score (nSPS) is 21.3. The van der Waals surface area contributed by atoms with E-state index in [1.807, 2.05) is 9.80 Å². The van der Waals surface area contributed by atoms with Gasteiger partial charge in [-0.15, -0.1) is 0 Å². The van der Waals surface area contributed by atoms with Crippen LogP contribution in [-0.4, -0.2) is 69.1 Å². The number of carboxylic acids is 1. The summed E-state index contributed by atoms with van der Waals surface area (Å²) in [5.41, 5.74) is -0.0787. The van der Waals surface area contributed by atoms with Crippen LogP contribution in [0.2, 0.25) is 0 Å². The number of urea groups is 1. The molecule has 0 bridgehead atoms. The summed E-state index contributed by atoms with van der Waals surface area (Å²) in [5.74, 6) is -0.556. The summed E-state index contributed by atoms with van der Waals surface area (Å²) in [4.78, 5) is 35.0. The van der Waals surface area contributed by atoms with Gasteiger partial charge in [-0.2, -0.15) is 0 Å². The third-order valence-electron chi connectivity index (χ3n) is 4.29. The maximum Gasteiger partial charge on any atom is 0.356 e. The van der Waals surface area contributed by atoms with E-state index in [4.69, 9.17) is 5.11 Å². The molecule has 0 saturated carbocycles. The van der Waals surface area contributed by atoms with Gasteiger partial charge in [-0.25, -0.2) is 19.6 Å². The second kappa shape index (κ2) is 6.80. The summed E-state index contributed by atoms with van der Waals surface area (Å²) in [6.45, 7) is 3.14. The van der Waals surface area contributed by atoms with E-state index in [0.717, 1.165) is 45.3 Å². The minimum atomic E-state index is -1.09. The molecule has 124 valence electrons. The molecule has 2 amide bonds. The maximum absolute atomic E-state index is 12.4. The average Bonchev–Trinajstić information content (AvgIpc) is 3.09. The number of hydrogen-bond acceptors (Lipinski definition) is 5. The molecule has 0 radical (unpaired) electrons. The molecule has 3 heterocycles. The lowest BCUT2D eigenvalue weighted by atomic mass is 10.1. The van der Waals surface area contributed by atoms with Gasteiger partial charge >= 0.3 is 12.0 Å². The number of nitrogens with one attached hydrogen (secondary N) is 1. The second-order valence-electron chi connectivity index (χ2n) is 6.00. The van der Waals surface area contributed by atoms with E-state index in [1.165, 1.54) is 12.4 Å². The van der Waals surface area contributed by atoms with E-state index in [9.17, 15) is 9.59 Å². The number of nitrogens with zero attached hydrogens (tertiary/aromatic N) is 4. The van der Waals surface area contributed by atoms with Crippen molar-refractivity contribution in [3.05, 3.63) is 18.1 Å². The van der Waals surface area contributed by atoms with Gasteiger partial charge in [-0.05, 0) is 25.7 Å². The summed E-state index contributed by atoms with van der Waals surface area (Å²) >= 11 is 0. The second-order valence-corrected chi connectivity index (χ2v) is 6.00. The van der Waals surface area contributed by atoms with E-state index >= 15 is 0 Å². The lowest BCUT2D eigenvalue weighted by Gasteiger charge is -2.35. The SMILES string of the molecule is O=C(O)c1cnc(NC2CCCN(C(=O)N3CCCC3)C2)cn1. The molecule has 8 nitrogen and oxygen atoms in total. The molecule has 2 aliphatic rings. The molecule has 0 aromatic carbocycles. The van der Waals surface area contributed by atoms with Crippen LogP contribution in [0.15, 0.2) is 12.4 Å². The highest BCUT2D eigenvalue weighted by molar-refractivity contribution is 5.84. The van der Waals surface area contributed by atoms with Crippen LogP contribution in [-0.2, 0) is 0 Å². The molecule has 23 heavy (non-hydrogen) atoms. The van der Waals surface area contributed by atoms with Crippen LogP contribution in [0.4, 0.5) is 10.6 Å². The number of carbonyl (C=O) groups is 2. The van der Waals surface area contributed by atoms with Crippen molar-refractivity contribution in [1.29, 1.82) is 0 Å². The fourth-order valence-corrected chi connectivity index (χ4v) is 3.10. The van der Waals surface area contributed by atoms with Crippen LogP contribution >= 0.6 is 0 Å². The number of aromatic nitrogens is 2. The number of carbonyl (C=O) groups excluding carboxylic acids is 1. The number of hydrogen-bond donors (Lipinski definition) is 2. The fraction of sp³-hybridized carbons (Fsp3) is 0.600. The van der Waals surface area contributed by atoms with Gasteiger partial charge in [0.1, 0.15) is 5.82 Å². The number of piperidine rings is 1. The minimum Gasteiger partial charge on any atom is -0.476 e. The molecular weight excluding hydrogens is 298 g/mol. The van der Waals surface area contributed by atoms with Gasteiger partial charge in [0, 0.05) is 32.2 Å². The molecule has 1 aromatic rings. The van der Waals surface area contributed by atoms with Gasteiger partial charge < -0.3 is 20.2 Å². The molecule has 1 unspecified atom stereocenters. The van der Waals surface area contributed by atoms with E-state index < -0.39 is 5.97 Å². The number of amides is 2. The summed E-state index contributed by atoms with van der Waals surface area (Å²) < 4.78 is 0. The van der Waals surface area contributed by atoms with Crippen LogP contribution in [0.1, 0.15) is 36.2 Å². The van der Waals surface area contributed by atoms with Crippen molar-refractivity contribution in [2.24, 2.45) is 0 Å². The van der Waals surface area contributed by atoms with Gasteiger partial charge in [-0.3, -0.25) is 0 Å². The summed E-state index contributed by atoms with van der Waals surface area (Å²) in [6.07, 6.45) is 6.73. The van der Waals surface area contributed by atoms with E-state index in [1.54, 1.807) is 0 Å². The van der Waals surface area contributed by atoms with Crippen molar-refractivity contribution >= 4 is 17.8 Å². The van der Waals surface area contributed by atoms with Crippen LogP contribution < -0.4 is 5.32 Å². The number of likely N-dealkylation sites (tertiary alicyclic amines) is 2. The lowest BCUT2D eigenvalue weighted by Crippen LogP contribution is -2.49. The molecule has 2 saturated heterocycles. The van der Waals surface area contributed by atoms with Crippen LogP contribution in [0, 0.1) is 0 Å². The van der Waals surface area contributed by atoms with Crippen LogP contribution in [0.5, 0.6) is 0 Å². The molecule has 0 spiro atoms. The Morgan fingerprint density at radius 1 is 1.09 bits per heavy atom. The zero-order valence-electron chi connectivity index (χ0n) is 12.9. The van der Waals surface area contributed by atoms with Crippen LogP contribution in [0.3, 0.4) is 0 Å². The molecule has 1 atom stereocenters. The Labute approximate surface area is 134 Å². The predicted octanol–water partition coefficient (Wildman–Crippen LogP) is 1.27. The quantitative estimate of drug-likeness (QED) is 0.870. The van der Waals surface area contributed by atoms with Gasteiger partial charge in [0.2, 0.25) is 0 Å². The highest BCUT2D eigenvalue weighted by Gasteiger charge is 2.28. The Morgan fingerprint density at radius 2 is 1.83 bits per heavy atom. The van der Waals surface area contributed by atoms with Gasteiger partial charge in [-0.1, -0.05) is 0 Å². The van der Waals surface area contributed by atoms with Crippen molar-refractivity contribution < 1.29 is 14.7 Å². The van der Waals surface area contributed by atoms with Crippen molar-refractivity contribution in [3.63, 3.8) is 0 Å². The van der Waals surface area contributed by atoms with Crippen molar-refractivity contribution in [2.45, 2.75) is 31.7 Å². The first-order valence-corrected chi connectivity index (χ1v) is 7.99. The van der Waals surface area contributed by atoms with Gasteiger partial charge in [0.25, 0.3) is 0 Å². The summed E-state index contributed by atoms with van der Waals surface area (Å²) in [5, 5.41) is 12.1. The van der Waals surface area contributed by atoms with Gasteiger partial charge in [0.15, 0.2) is 5.69 Å². The third-order valence-corrected chi connectivity index (χ3v) is 4.29. The molecule has 0 aliphatic carbocycles. The molecule has 2 fully saturated rings. The molecule has 1 aromatic heterocycles. The van der Waals surface area contributed by atoms with E-state index in [2.05, 4.69) is 15.3 Å². The maximum atomic E-state index is 12.4. The molecule has 8 heteroatoms. The number of rotatable bonds is 3. The van der Waals surface area contributed by atoms with E-state index in [-0.39, 0.29) is 17.8 Å². The molecular formula is C15H21N5O3. The standard InChI is InChI=1S/C15H21N5O3/c21-14(22)12-8-17-13(9-16-12)18-11-4-3-7-20(10-11)15(23)19-5-1-2-6-19/h8-9,11H,1-7,10H2,(H,17,18)(H,21,22). The molecule has 2 aliphatic heterocycles. The highest BCUT2D eigenvalue weighted by Crippen LogP contribution is 2.18. The van der Waals surface area contributed by atoms with Crippen molar-refractivity contribution in [1.82, 2.24) is 19.8 Å². The van der Waals surface area contributed by atoms with Gasteiger partial charge in [0.05, 0.1) is 12.4 Å². The first-order chi connectivity index (χ1) is 11.1. The monoisotopic (exact) mass is 319 g/mol. The lowest BCUT2D eigenvalue weighted by molar-refractivity contribution is 0.0690. The third kappa shape index (κ3) is 3.69. The Hall–Kier alpha value is -2.38. The topological polar surface area (TPSA) is 98.7 Å². The zero-order chi connectivity index (χ0) is 16.2. The zero-order valence-corrected chi connectivity index (χ0v) is 12.9. The Balaban J connectivity index is 1.57. The highest BCUT2D eigenvalue weighted by atomic mass is 16.4. The first-order valence-electron chi connectivity index (χ1n) is 7.99. The minimum absolute atomic E-state index is 0.0787. The average molecular weight is 319 g/mol. The Morgan fingerprint density at radius 3 is 2.48 bits per heavy atom. The van der Waals surface area contributed by atoms with Crippen molar-refractivity contribution in [2.75, 3.05) is 31.5 Å². The Kier molecular flexibility index (Phi) is 4.59. The Bertz CT molecular complexity index is 571. The number of carboxylic acid groups (broad SMARTS) is 1. The number of aromatic carboxylic acids is 1. The van der Waals surface area contributed by atoms with E-state index in [0.29, 0.717) is 12.4 Å². The van der Waals surface area contributed by atoms with Crippen molar-refractivity contribution in [3.8, 4) is 0 Å². The number of anilines is 1. The summed E-state index contributed by atoms with van der Waals surface area (Å²) in [7, 11) is 0. The fourth-order valence-electron chi connectivity index (χ4n) is 3.10. The summed E-state index contributed by atoms with van der Waals surface area (Å²) in [6, 6.07) is 0.238. The smallest absolute Gasteiger partial charge is 0.356 e. The predicted molar refractivity (Wildman–Crippen MR) is 83.4 cm³/mol. The van der Waals surface area contributed by atoms with Crippen LogP contribution in [0.25, 0.3) is 0 Å². The molecule has 2 N–H and O–H groups in total. The molecule has 3 rings (SSSR count).